The van der Waals surface area contributed by atoms with Gasteiger partial charge in [-0.25, -0.2) is 4.79 Å². The first-order valence-electron chi connectivity index (χ1n) is 6.44. The fourth-order valence-corrected chi connectivity index (χ4v) is 2.46. The van der Waals surface area contributed by atoms with Gasteiger partial charge in [0.15, 0.2) is 0 Å². The second-order valence-electron chi connectivity index (χ2n) is 4.72. The van der Waals surface area contributed by atoms with Gasteiger partial charge in [-0.05, 0) is 28.8 Å². The van der Waals surface area contributed by atoms with Gasteiger partial charge in [0, 0.05) is 17.5 Å². The molecule has 2 nitrogen and oxygen atoms in total. The SMILES string of the molecule is O=C1C=C(c2ccccc2)C[C@H](c2ccc(Cl)cc2)O1. The lowest BCUT2D eigenvalue weighted by Gasteiger charge is -2.23. The maximum atomic E-state index is 11.8. The average Bonchev–Trinajstić information content (AvgIpc) is 2.48. The van der Waals surface area contributed by atoms with Crippen LogP contribution in [-0.4, -0.2) is 5.97 Å². The molecule has 3 rings (SSSR count). The van der Waals surface area contributed by atoms with Crippen molar-refractivity contribution in [1.29, 1.82) is 0 Å². The summed E-state index contributed by atoms with van der Waals surface area (Å²) in [7, 11) is 0. The minimum absolute atomic E-state index is 0.250. The molecule has 0 bridgehead atoms. The van der Waals surface area contributed by atoms with Gasteiger partial charge in [0.1, 0.15) is 6.10 Å². The van der Waals surface area contributed by atoms with Crippen LogP contribution in [0.4, 0.5) is 0 Å². The molecule has 0 N–H and O–H groups in total. The predicted octanol–water partition coefficient (Wildman–Crippen LogP) is 4.41. The molecule has 0 unspecified atom stereocenters. The van der Waals surface area contributed by atoms with Crippen molar-refractivity contribution in [2.24, 2.45) is 0 Å². The molecule has 0 radical (unpaired) electrons. The standard InChI is InChI=1S/C17H13ClO2/c18-15-8-6-13(7-9-15)16-10-14(11-17(19)20-16)12-4-2-1-3-5-12/h1-9,11,16H,10H2/t16-/m1/s1. The molecule has 0 saturated carbocycles. The molecule has 0 aliphatic carbocycles. The molecule has 20 heavy (non-hydrogen) atoms. The van der Waals surface area contributed by atoms with E-state index in [1.807, 2.05) is 54.6 Å². The third-order valence-corrected chi connectivity index (χ3v) is 3.59. The molecule has 2 aromatic rings. The maximum absolute atomic E-state index is 11.8. The number of carbonyl (C=O) groups excluding carboxylic acids is 1. The summed E-state index contributed by atoms with van der Waals surface area (Å²) in [5.41, 5.74) is 3.02. The Labute approximate surface area is 122 Å². The van der Waals surface area contributed by atoms with E-state index in [1.165, 1.54) is 0 Å². The molecule has 0 aromatic heterocycles. The summed E-state index contributed by atoms with van der Waals surface area (Å²) < 4.78 is 5.41. The molecule has 1 aliphatic heterocycles. The van der Waals surface area contributed by atoms with E-state index in [9.17, 15) is 4.79 Å². The van der Waals surface area contributed by atoms with Gasteiger partial charge in [0.25, 0.3) is 0 Å². The van der Waals surface area contributed by atoms with Gasteiger partial charge in [-0.1, -0.05) is 54.1 Å². The van der Waals surface area contributed by atoms with Crippen molar-refractivity contribution in [3.8, 4) is 0 Å². The molecule has 1 atom stereocenters. The minimum Gasteiger partial charge on any atom is -0.454 e. The number of carbonyl (C=O) groups is 1. The molecular weight excluding hydrogens is 272 g/mol. The van der Waals surface area contributed by atoms with E-state index in [1.54, 1.807) is 6.08 Å². The Hall–Kier alpha value is -2.06. The lowest BCUT2D eigenvalue weighted by molar-refractivity contribution is -0.144. The Kier molecular flexibility index (Phi) is 3.57. The Balaban J connectivity index is 1.89. The van der Waals surface area contributed by atoms with Gasteiger partial charge in [-0.15, -0.1) is 0 Å². The van der Waals surface area contributed by atoms with Crippen LogP contribution in [0.15, 0.2) is 60.7 Å². The number of benzene rings is 2. The highest BCUT2D eigenvalue weighted by Crippen LogP contribution is 2.34. The smallest absolute Gasteiger partial charge is 0.331 e. The summed E-state index contributed by atoms with van der Waals surface area (Å²) >= 11 is 5.88. The highest BCUT2D eigenvalue weighted by molar-refractivity contribution is 6.30. The summed E-state index contributed by atoms with van der Waals surface area (Å²) in [6.45, 7) is 0. The van der Waals surface area contributed by atoms with E-state index >= 15 is 0 Å². The van der Waals surface area contributed by atoms with Crippen LogP contribution in [0.25, 0.3) is 5.57 Å². The van der Waals surface area contributed by atoms with Gasteiger partial charge in [0.05, 0.1) is 0 Å². The molecule has 0 spiro atoms. The van der Waals surface area contributed by atoms with Crippen LogP contribution in [0.3, 0.4) is 0 Å². The van der Waals surface area contributed by atoms with Gasteiger partial charge in [-0.2, -0.15) is 0 Å². The number of esters is 1. The van der Waals surface area contributed by atoms with Crippen molar-refractivity contribution < 1.29 is 9.53 Å². The van der Waals surface area contributed by atoms with E-state index in [0.717, 1.165) is 16.7 Å². The third-order valence-electron chi connectivity index (χ3n) is 3.34. The van der Waals surface area contributed by atoms with Crippen LogP contribution in [-0.2, 0) is 9.53 Å². The van der Waals surface area contributed by atoms with Crippen LogP contribution in [0.5, 0.6) is 0 Å². The molecule has 100 valence electrons. The van der Waals surface area contributed by atoms with Crippen molar-refractivity contribution in [2.75, 3.05) is 0 Å². The van der Waals surface area contributed by atoms with Crippen molar-refractivity contribution >= 4 is 23.1 Å². The third kappa shape index (κ3) is 2.75. The average molecular weight is 285 g/mol. The van der Waals surface area contributed by atoms with Crippen LogP contribution < -0.4 is 0 Å². The zero-order valence-electron chi connectivity index (χ0n) is 10.8. The molecular formula is C17H13ClO2. The first-order chi connectivity index (χ1) is 9.72. The van der Waals surface area contributed by atoms with Gasteiger partial charge in [0.2, 0.25) is 0 Å². The quantitative estimate of drug-likeness (QED) is 0.764. The van der Waals surface area contributed by atoms with Crippen LogP contribution in [0.2, 0.25) is 5.02 Å². The van der Waals surface area contributed by atoms with Crippen LogP contribution in [0.1, 0.15) is 23.7 Å². The molecule has 0 amide bonds. The molecule has 1 aliphatic rings. The number of ether oxygens (including phenoxy) is 1. The fourth-order valence-electron chi connectivity index (χ4n) is 2.33. The van der Waals surface area contributed by atoms with Crippen molar-refractivity contribution in [2.45, 2.75) is 12.5 Å². The minimum atomic E-state index is -0.296. The largest absolute Gasteiger partial charge is 0.454 e. The van der Waals surface area contributed by atoms with E-state index < -0.39 is 0 Å². The molecule has 1 heterocycles. The monoisotopic (exact) mass is 284 g/mol. The van der Waals surface area contributed by atoms with Crippen LogP contribution in [0, 0.1) is 0 Å². The highest BCUT2D eigenvalue weighted by atomic mass is 35.5. The zero-order chi connectivity index (χ0) is 13.9. The summed E-state index contributed by atoms with van der Waals surface area (Å²) in [5, 5.41) is 0.676. The zero-order valence-corrected chi connectivity index (χ0v) is 11.5. The summed E-state index contributed by atoms with van der Waals surface area (Å²) in [5.74, 6) is -0.296. The number of hydrogen-bond acceptors (Lipinski definition) is 2. The number of hydrogen-bond donors (Lipinski definition) is 0. The van der Waals surface area contributed by atoms with Gasteiger partial charge in [-0.3, -0.25) is 0 Å². The fraction of sp³-hybridized carbons (Fsp3) is 0.118. The molecule has 3 heteroatoms. The topological polar surface area (TPSA) is 26.3 Å². The molecule has 0 fully saturated rings. The van der Waals surface area contributed by atoms with E-state index in [-0.39, 0.29) is 12.1 Å². The van der Waals surface area contributed by atoms with Crippen molar-refractivity contribution in [3.63, 3.8) is 0 Å². The van der Waals surface area contributed by atoms with Gasteiger partial charge >= 0.3 is 5.97 Å². The lowest BCUT2D eigenvalue weighted by Crippen LogP contribution is -2.15. The second-order valence-corrected chi connectivity index (χ2v) is 5.15. The van der Waals surface area contributed by atoms with Gasteiger partial charge < -0.3 is 4.74 Å². The molecule has 2 aromatic carbocycles. The predicted molar refractivity (Wildman–Crippen MR) is 79.3 cm³/mol. The van der Waals surface area contributed by atoms with E-state index in [4.69, 9.17) is 16.3 Å². The maximum Gasteiger partial charge on any atom is 0.331 e. The Morgan fingerprint density at radius 2 is 1.70 bits per heavy atom. The van der Waals surface area contributed by atoms with Crippen molar-refractivity contribution in [1.82, 2.24) is 0 Å². The summed E-state index contributed by atoms with van der Waals surface area (Å²) in [6.07, 6.45) is 2.00. The number of rotatable bonds is 2. The second kappa shape index (κ2) is 5.51. The van der Waals surface area contributed by atoms with E-state index in [0.29, 0.717) is 11.4 Å². The van der Waals surface area contributed by atoms with E-state index in [2.05, 4.69) is 0 Å². The van der Waals surface area contributed by atoms with Crippen molar-refractivity contribution in [3.05, 3.63) is 76.8 Å². The summed E-state index contributed by atoms with van der Waals surface area (Å²) in [4.78, 5) is 11.8. The highest BCUT2D eigenvalue weighted by Gasteiger charge is 2.23. The molecule has 0 saturated heterocycles. The first-order valence-corrected chi connectivity index (χ1v) is 6.82. The Morgan fingerprint density at radius 3 is 2.40 bits per heavy atom. The number of cyclic esters (lactones) is 1. The Morgan fingerprint density at radius 1 is 1.00 bits per heavy atom. The normalized spacial score (nSPS) is 18.4. The lowest BCUT2D eigenvalue weighted by atomic mass is 9.94. The first kappa shape index (κ1) is 12.9. The van der Waals surface area contributed by atoms with Crippen LogP contribution >= 0.6 is 11.6 Å². The number of halogens is 1. The summed E-state index contributed by atoms with van der Waals surface area (Å²) in [6, 6.07) is 17.3. The Bertz CT molecular complexity index is 644.